The molecule has 0 aliphatic rings. The van der Waals surface area contributed by atoms with E-state index in [-0.39, 0.29) is 0 Å². The van der Waals surface area contributed by atoms with Gasteiger partial charge in [0, 0.05) is 14.3 Å². The van der Waals surface area contributed by atoms with Crippen LogP contribution < -0.4 is 11.5 Å². The Labute approximate surface area is 118 Å². The van der Waals surface area contributed by atoms with E-state index in [0.717, 1.165) is 14.3 Å². The van der Waals surface area contributed by atoms with Crippen LogP contribution in [-0.2, 0) is 0 Å². The van der Waals surface area contributed by atoms with E-state index in [1.54, 1.807) is 12.1 Å². The van der Waals surface area contributed by atoms with Gasteiger partial charge in [0.2, 0.25) is 0 Å². The zero-order valence-electron chi connectivity index (χ0n) is 9.39. The predicted molar refractivity (Wildman–Crippen MR) is 77.6 cm³/mol. The normalized spacial score (nSPS) is 10.3. The highest BCUT2D eigenvalue weighted by Crippen LogP contribution is 2.37. The molecule has 2 rings (SSSR count). The highest BCUT2D eigenvalue weighted by Gasteiger charge is 2.11. The average molecular weight is 323 g/mol. The minimum Gasteiger partial charge on any atom is -0.397 e. The molecule has 0 aliphatic heterocycles. The lowest BCUT2D eigenvalue weighted by Gasteiger charge is -2.09. The van der Waals surface area contributed by atoms with Crippen LogP contribution in [0.3, 0.4) is 0 Å². The molecule has 2 aromatic rings. The van der Waals surface area contributed by atoms with Crippen molar-refractivity contribution in [3.63, 3.8) is 0 Å². The van der Waals surface area contributed by atoms with Crippen molar-refractivity contribution in [3.8, 4) is 0 Å². The number of carbonyl (C=O) groups is 1. The number of hydrogen-bond donors (Lipinski definition) is 2. The summed E-state index contributed by atoms with van der Waals surface area (Å²) in [5.74, 6) is -0.512. The Morgan fingerprint density at radius 1 is 1.06 bits per heavy atom. The maximum absolute atomic E-state index is 11.2. The van der Waals surface area contributed by atoms with E-state index in [4.69, 9.17) is 11.5 Å². The second kappa shape index (κ2) is 5.46. The van der Waals surface area contributed by atoms with Gasteiger partial charge in [-0.15, -0.1) is 0 Å². The maximum atomic E-state index is 11.2. The van der Waals surface area contributed by atoms with Crippen molar-refractivity contribution in [2.45, 2.75) is 9.79 Å². The Balaban J connectivity index is 2.39. The quantitative estimate of drug-likeness (QED) is 0.852. The van der Waals surface area contributed by atoms with Crippen molar-refractivity contribution in [3.05, 3.63) is 52.5 Å². The van der Waals surface area contributed by atoms with Gasteiger partial charge in [0.15, 0.2) is 0 Å². The number of primary amides is 1. The zero-order chi connectivity index (χ0) is 13.1. The predicted octanol–water partition coefficient (Wildman–Crippen LogP) is 3.28. The van der Waals surface area contributed by atoms with Crippen molar-refractivity contribution in [1.29, 1.82) is 0 Å². The van der Waals surface area contributed by atoms with Crippen LogP contribution in [-0.4, -0.2) is 5.91 Å². The molecule has 0 heterocycles. The maximum Gasteiger partial charge on any atom is 0.250 e. The Bertz CT molecular complexity index is 601. The SMILES string of the molecule is NC(=O)c1cccc(Sc2ccccc2Br)c1N. The Morgan fingerprint density at radius 3 is 2.39 bits per heavy atom. The van der Waals surface area contributed by atoms with E-state index in [2.05, 4.69) is 15.9 Å². The minimum atomic E-state index is -0.512. The number of rotatable bonds is 3. The molecule has 0 unspecified atom stereocenters. The second-order valence-electron chi connectivity index (χ2n) is 3.61. The number of amides is 1. The van der Waals surface area contributed by atoms with E-state index in [9.17, 15) is 4.79 Å². The summed E-state index contributed by atoms with van der Waals surface area (Å²) < 4.78 is 0.985. The Hall–Kier alpha value is -1.46. The average Bonchev–Trinajstić information content (AvgIpc) is 2.34. The smallest absolute Gasteiger partial charge is 0.250 e. The number of anilines is 1. The number of halogens is 1. The molecular weight excluding hydrogens is 312 g/mol. The van der Waals surface area contributed by atoms with Crippen molar-refractivity contribution in [2.75, 3.05) is 5.73 Å². The van der Waals surface area contributed by atoms with Crippen molar-refractivity contribution in [1.82, 2.24) is 0 Å². The molecular formula is C13H11BrN2OS. The fourth-order valence-corrected chi connectivity index (χ4v) is 2.94. The zero-order valence-corrected chi connectivity index (χ0v) is 11.8. The standard InChI is InChI=1S/C13H11BrN2OS/c14-9-5-1-2-6-10(9)18-11-7-3-4-8(12(11)15)13(16)17/h1-7H,15H2,(H2,16,17). The molecule has 0 bridgehead atoms. The first-order chi connectivity index (χ1) is 8.59. The molecule has 2 aromatic carbocycles. The van der Waals surface area contributed by atoms with E-state index < -0.39 is 5.91 Å². The molecule has 3 nitrogen and oxygen atoms in total. The number of nitrogen functional groups attached to an aromatic ring is 1. The highest BCUT2D eigenvalue weighted by atomic mass is 79.9. The molecule has 0 saturated heterocycles. The van der Waals surface area contributed by atoms with Crippen molar-refractivity contribution >= 4 is 39.3 Å². The van der Waals surface area contributed by atoms with Crippen LogP contribution in [0.5, 0.6) is 0 Å². The minimum absolute atomic E-state index is 0.354. The van der Waals surface area contributed by atoms with Gasteiger partial charge in [-0.25, -0.2) is 0 Å². The fourth-order valence-electron chi connectivity index (χ4n) is 1.49. The summed E-state index contributed by atoms with van der Waals surface area (Å²) in [5.41, 5.74) is 12.0. The lowest BCUT2D eigenvalue weighted by atomic mass is 10.2. The molecule has 0 radical (unpaired) electrons. The molecule has 0 atom stereocenters. The largest absolute Gasteiger partial charge is 0.397 e. The van der Waals surface area contributed by atoms with E-state index in [1.807, 2.05) is 30.3 Å². The van der Waals surface area contributed by atoms with Crippen LogP contribution in [0.4, 0.5) is 5.69 Å². The Morgan fingerprint density at radius 2 is 1.72 bits per heavy atom. The lowest BCUT2D eigenvalue weighted by molar-refractivity contribution is 0.100. The van der Waals surface area contributed by atoms with Gasteiger partial charge in [-0.3, -0.25) is 4.79 Å². The monoisotopic (exact) mass is 322 g/mol. The first kappa shape index (κ1) is 13.0. The van der Waals surface area contributed by atoms with Gasteiger partial charge < -0.3 is 11.5 Å². The first-order valence-electron chi connectivity index (χ1n) is 5.20. The van der Waals surface area contributed by atoms with Crippen LogP contribution in [0.1, 0.15) is 10.4 Å². The van der Waals surface area contributed by atoms with E-state index >= 15 is 0 Å². The molecule has 0 fully saturated rings. The molecule has 4 N–H and O–H groups in total. The summed E-state index contributed by atoms with van der Waals surface area (Å²) in [6.45, 7) is 0. The van der Waals surface area contributed by atoms with E-state index in [1.165, 1.54) is 11.8 Å². The van der Waals surface area contributed by atoms with Crippen LogP contribution in [0.2, 0.25) is 0 Å². The summed E-state index contributed by atoms with van der Waals surface area (Å²) in [6.07, 6.45) is 0. The molecule has 0 spiro atoms. The molecule has 5 heteroatoms. The molecule has 1 amide bonds. The van der Waals surface area contributed by atoms with Crippen LogP contribution in [0, 0.1) is 0 Å². The third kappa shape index (κ3) is 2.68. The van der Waals surface area contributed by atoms with Gasteiger partial charge in [-0.2, -0.15) is 0 Å². The van der Waals surface area contributed by atoms with Crippen LogP contribution >= 0.6 is 27.7 Å². The number of hydrogen-bond acceptors (Lipinski definition) is 3. The summed E-state index contributed by atoms with van der Waals surface area (Å²) in [5, 5.41) is 0. The van der Waals surface area contributed by atoms with E-state index in [0.29, 0.717) is 11.3 Å². The topological polar surface area (TPSA) is 69.1 Å². The summed E-state index contributed by atoms with van der Waals surface area (Å²) in [4.78, 5) is 13.1. The van der Waals surface area contributed by atoms with Crippen LogP contribution in [0.25, 0.3) is 0 Å². The van der Waals surface area contributed by atoms with Gasteiger partial charge in [0.05, 0.1) is 11.3 Å². The summed E-state index contributed by atoms with van der Waals surface area (Å²) >= 11 is 4.97. The van der Waals surface area contributed by atoms with Gasteiger partial charge in [-0.1, -0.05) is 30.0 Å². The molecule has 0 aromatic heterocycles. The number of benzene rings is 2. The van der Waals surface area contributed by atoms with Gasteiger partial charge in [-0.05, 0) is 40.2 Å². The fraction of sp³-hybridized carbons (Fsp3) is 0. The van der Waals surface area contributed by atoms with Gasteiger partial charge in [0.25, 0.3) is 5.91 Å². The van der Waals surface area contributed by atoms with Crippen molar-refractivity contribution in [2.24, 2.45) is 5.73 Å². The van der Waals surface area contributed by atoms with Gasteiger partial charge in [0.1, 0.15) is 0 Å². The van der Waals surface area contributed by atoms with Crippen molar-refractivity contribution < 1.29 is 4.79 Å². The van der Waals surface area contributed by atoms with Crippen LogP contribution in [0.15, 0.2) is 56.7 Å². The molecule has 92 valence electrons. The first-order valence-corrected chi connectivity index (χ1v) is 6.81. The molecule has 0 saturated carbocycles. The third-order valence-electron chi connectivity index (χ3n) is 2.39. The highest BCUT2D eigenvalue weighted by molar-refractivity contribution is 9.10. The summed E-state index contributed by atoms with van der Waals surface area (Å²) in [7, 11) is 0. The number of nitrogens with two attached hydrogens (primary N) is 2. The number of carbonyl (C=O) groups excluding carboxylic acids is 1. The number of para-hydroxylation sites is 1. The molecule has 0 aliphatic carbocycles. The third-order valence-corrected chi connectivity index (χ3v) is 4.49. The molecule has 18 heavy (non-hydrogen) atoms. The Kier molecular flexibility index (Phi) is 3.93. The summed E-state index contributed by atoms with van der Waals surface area (Å²) in [6, 6.07) is 13.1. The van der Waals surface area contributed by atoms with Gasteiger partial charge >= 0.3 is 0 Å². The second-order valence-corrected chi connectivity index (χ2v) is 5.55. The lowest BCUT2D eigenvalue weighted by Crippen LogP contribution is -2.13.